The van der Waals surface area contributed by atoms with Crippen LogP contribution in [-0.4, -0.2) is 29.4 Å². The molecule has 0 fully saturated rings. The van der Waals surface area contributed by atoms with Gasteiger partial charge in [0.05, 0.1) is 17.3 Å². The Morgan fingerprint density at radius 1 is 1.11 bits per heavy atom. The second kappa shape index (κ2) is 9.14. The Hall–Kier alpha value is -3.19. The third kappa shape index (κ3) is 5.40. The fourth-order valence-corrected chi connectivity index (χ4v) is 2.53. The second-order valence-corrected chi connectivity index (χ2v) is 6.39. The maximum atomic E-state index is 13.1. The Balaban J connectivity index is 1.42. The predicted molar refractivity (Wildman–Crippen MR) is 106 cm³/mol. The van der Waals surface area contributed by atoms with Crippen LogP contribution in [0.15, 0.2) is 54.6 Å². The van der Waals surface area contributed by atoms with E-state index in [2.05, 4.69) is 20.8 Å². The SMILES string of the molecule is Cc1ccc(-c2ccc(OCCNC(=O)Nc3ccc(F)c(Cl)c3)nn2)cc1. The number of hydrogen-bond acceptors (Lipinski definition) is 4. The molecule has 2 amide bonds. The number of nitrogens with one attached hydrogen (secondary N) is 2. The van der Waals surface area contributed by atoms with Crippen molar-refractivity contribution in [1.29, 1.82) is 0 Å². The number of benzene rings is 2. The molecule has 144 valence electrons. The van der Waals surface area contributed by atoms with Gasteiger partial charge in [-0.2, -0.15) is 0 Å². The Labute approximate surface area is 166 Å². The van der Waals surface area contributed by atoms with Crippen LogP contribution >= 0.6 is 11.6 Å². The molecular weight excluding hydrogens is 383 g/mol. The summed E-state index contributed by atoms with van der Waals surface area (Å²) in [4.78, 5) is 11.8. The molecule has 3 rings (SSSR count). The van der Waals surface area contributed by atoms with E-state index in [9.17, 15) is 9.18 Å². The molecule has 0 radical (unpaired) electrons. The fraction of sp³-hybridized carbons (Fsp3) is 0.150. The number of halogens is 2. The van der Waals surface area contributed by atoms with E-state index in [0.29, 0.717) is 11.6 Å². The normalized spacial score (nSPS) is 10.4. The highest BCUT2D eigenvalue weighted by Crippen LogP contribution is 2.19. The lowest BCUT2D eigenvalue weighted by atomic mass is 10.1. The zero-order valence-corrected chi connectivity index (χ0v) is 15.8. The number of hydrogen-bond donors (Lipinski definition) is 2. The first kappa shape index (κ1) is 19.6. The summed E-state index contributed by atoms with van der Waals surface area (Å²) in [6.45, 7) is 2.49. The number of carbonyl (C=O) groups excluding carboxylic acids is 1. The van der Waals surface area contributed by atoms with E-state index in [1.165, 1.54) is 23.8 Å². The first-order valence-corrected chi connectivity index (χ1v) is 8.92. The molecule has 0 saturated heterocycles. The van der Waals surface area contributed by atoms with E-state index in [-0.39, 0.29) is 18.2 Å². The van der Waals surface area contributed by atoms with Crippen LogP contribution < -0.4 is 15.4 Å². The minimum atomic E-state index is -0.546. The number of ether oxygens (including phenoxy) is 1. The number of aromatic nitrogens is 2. The van der Waals surface area contributed by atoms with Crippen LogP contribution in [0.25, 0.3) is 11.3 Å². The maximum absolute atomic E-state index is 13.1. The van der Waals surface area contributed by atoms with Crippen molar-refractivity contribution in [3.63, 3.8) is 0 Å². The van der Waals surface area contributed by atoms with Gasteiger partial charge in [-0.25, -0.2) is 9.18 Å². The third-order valence-electron chi connectivity index (χ3n) is 3.80. The Morgan fingerprint density at radius 2 is 1.89 bits per heavy atom. The average molecular weight is 401 g/mol. The third-order valence-corrected chi connectivity index (χ3v) is 4.09. The number of carbonyl (C=O) groups is 1. The molecule has 1 heterocycles. The molecule has 0 aliphatic rings. The molecule has 0 saturated carbocycles. The number of aryl methyl sites for hydroxylation is 1. The fourth-order valence-electron chi connectivity index (χ4n) is 2.34. The summed E-state index contributed by atoms with van der Waals surface area (Å²) in [6, 6.07) is 15.0. The van der Waals surface area contributed by atoms with E-state index >= 15 is 0 Å². The predicted octanol–water partition coefficient (Wildman–Crippen LogP) is 4.45. The molecule has 6 nitrogen and oxygen atoms in total. The number of anilines is 1. The first-order valence-electron chi connectivity index (χ1n) is 8.55. The Morgan fingerprint density at radius 3 is 2.57 bits per heavy atom. The molecule has 0 aliphatic heterocycles. The van der Waals surface area contributed by atoms with Crippen LogP contribution in [0.1, 0.15) is 5.56 Å². The van der Waals surface area contributed by atoms with Gasteiger partial charge in [-0.15, -0.1) is 10.2 Å². The molecule has 28 heavy (non-hydrogen) atoms. The first-order chi connectivity index (χ1) is 13.5. The molecule has 3 aromatic rings. The average Bonchev–Trinajstić information content (AvgIpc) is 2.69. The van der Waals surface area contributed by atoms with Gasteiger partial charge in [-0.1, -0.05) is 41.4 Å². The van der Waals surface area contributed by atoms with Gasteiger partial charge in [0.15, 0.2) is 0 Å². The van der Waals surface area contributed by atoms with Crippen molar-refractivity contribution in [2.75, 3.05) is 18.5 Å². The van der Waals surface area contributed by atoms with Gasteiger partial charge < -0.3 is 15.4 Å². The van der Waals surface area contributed by atoms with E-state index in [0.717, 1.165) is 11.3 Å². The van der Waals surface area contributed by atoms with Crippen molar-refractivity contribution < 1.29 is 13.9 Å². The molecule has 0 bridgehead atoms. The second-order valence-electron chi connectivity index (χ2n) is 5.98. The molecule has 0 spiro atoms. The molecule has 2 N–H and O–H groups in total. The quantitative estimate of drug-likeness (QED) is 0.599. The molecule has 2 aromatic carbocycles. The maximum Gasteiger partial charge on any atom is 0.319 e. The summed E-state index contributed by atoms with van der Waals surface area (Å²) in [5.74, 6) is -0.182. The highest BCUT2D eigenvalue weighted by molar-refractivity contribution is 6.31. The zero-order valence-electron chi connectivity index (χ0n) is 15.1. The number of rotatable bonds is 6. The summed E-state index contributed by atoms with van der Waals surface area (Å²) in [5, 5.41) is 13.3. The molecule has 0 aliphatic carbocycles. The van der Waals surface area contributed by atoms with Gasteiger partial charge in [-0.3, -0.25) is 0 Å². The summed E-state index contributed by atoms with van der Waals surface area (Å²) < 4.78 is 18.6. The van der Waals surface area contributed by atoms with Crippen molar-refractivity contribution in [3.05, 3.63) is 71.0 Å². The van der Waals surface area contributed by atoms with Gasteiger partial charge in [0.2, 0.25) is 5.88 Å². The summed E-state index contributed by atoms with van der Waals surface area (Å²) in [6.07, 6.45) is 0. The van der Waals surface area contributed by atoms with Gasteiger partial charge in [0.1, 0.15) is 12.4 Å². The van der Waals surface area contributed by atoms with Crippen molar-refractivity contribution >= 4 is 23.3 Å². The smallest absolute Gasteiger partial charge is 0.319 e. The van der Waals surface area contributed by atoms with Crippen molar-refractivity contribution in [2.45, 2.75) is 6.92 Å². The minimum absolute atomic E-state index is 0.0613. The minimum Gasteiger partial charge on any atom is -0.475 e. The van der Waals surface area contributed by atoms with Crippen molar-refractivity contribution in [2.24, 2.45) is 0 Å². The van der Waals surface area contributed by atoms with Crippen molar-refractivity contribution in [3.8, 4) is 17.1 Å². The number of nitrogens with zero attached hydrogens (tertiary/aromatic N) is 2. The van der Waals surface area contributed by atoms with Crippen LogP contribution in [0.4, 0.5) is 14.9 Å². The number of amides is 2. The van der Waals surface area contributed by atoms with Crippen LogP contribution in [0.5, 0.6) is 5.88 Å². The lowest BCUT2D eigenvalue weighted by molar-refractivity contribution is 0.246. The lowest BCUT2D eigenvalue weighted by Gasteiger charge is -2.09. The largest absolute Gasteiger partial charge is 0.475 e. The standard InChI is InChI=1S/C20H18ClFN4O2/c1-13-2-4-14(5-3-13)18-8-9-19(26-25-18)28-11-10-23-20(27)24-15-6-7-17(22)16(21)12-15/h2-9,12H,10-11H2,1H3,(H2,23,24,27). The van der Waals surface area contributed by atoms with E-state index in [1.54, 1.807) is 6.07 Å². The van der Waals surface area contributed by atoms with Gasteiger partial charge in [-0.05, 0) is 31.2 Å². The van der Waals surface area contributed by atoms with E-state index < -0.39 is 11.8 Å². The van der Waals surface area contributed by atoms with E-state index in [1.807, 2.05) is 37.3 Å². The van der Waals surface area contributed by atoms with Gasteiger partial charge in [0.25, 0.3) is 0 Å². The molecule has 8 heteroatoms. The molecule has 1 aromatic heterocycles. The van der Waals surface area contributed by atoms with Gasteiger partial charge in [0, 0.05) is 17.3 Å². The number of urea groups is 1. The summed E-state index contributed by atoms with van der Waals surface area (Å²) in [5.41, 5.74) is 3.30. The van der Waals surface area contributed by atoms with Crippen LogP contribution in [-0.2, 0) is 0 Å². The van der Waals surface area contributed by atoms with Crippen molar-refractivity contribution in [1.82, 2.24) is 15.5 Å². The van der Waals surface area contributed by atoms with Crippen LogP contribution in [0.2, 0.25) is 5.02 Å². The topological polar surface area (TPSA) is 76.1 Å². The summed E-state index contributed by atoms with van der Waals surface area (Å²) >= 11 is 5.67. The zero-order chi connectivity index (χ0) is 19.9. The highest BCUT2D eigenvalue weighted by atomic mass is 35.5. The molecular formula is C20H18ClFN4O2. The Kier molecular flexibility index (Phi) is 6.39. The van der Waals surface area contributed by atoms with E-state index in [4.69, 9.17) is 16.3 Å². The highest BCUT2D eigenvalue weighted by Gasteiger charge is 2.05. The lowest BCUT2D eigenvalue weighted by Crippen LogP contribution is -2.32. The van der Waals surface area contributed by atoms with Gasteiger partial charge >= 0.3 is 6.03 Å². The molecule has 0 unspecified atom stereocenters. The molecule has 0 atom stereocenters. The van der Waals surface area contributed by atoms with Crippen LogP contribution in [0, 0.1) is 12.7 Å². The van der Waals surface area contributed by atoms with Crippen LogP contribution in [0.3, 0.4) is 0 Å². The Bertz CT molecular complexity index is 949. The summed E-state index contributed by atoms with van der Waals surface area (Å²) in [7, 11) is 0. The monoisotopic (exact) mass is 400 g/mol.